The van der Waals surface area contributed by atoms with Crippen LogP contribution in [-0.2, 0) is 22.4 Å². The normalized spacial score (nSPS) is 11.0. The minimum absolute atomic E-state index is 0.0828. The van der Waals surface area contributed by atoms with Crippen molar-refractivity contribution in [1.82, 2.24) is 9.38 Å². The Bertz CT molecular complexity index is 939. The second-order valence-corrected chi connectivity index (χ2v) is 6.24. The van der Waals surface area contributed by atoms with Gasteiger partial charge in [-0.05, 0) is 37.0 Å². The van der Waals surface area contributed by atoms with Gasteiger partial charge in [0.1, 0.15) is 5.52 Å². The number of nitrogens with zero attached hydrogens (tertiary/aromatic N) is 1. The Morgan fingerprint density at radius 2 is 2.00 bits per heavy atom. The summed E-state index contributed by atoms with van der Waals surface area (Å²) in [6.45, 7) is 3.69. The molecule has 2 heterocycles. The molecule has 0 bridgehead atoms. The van der Waals surface area contributed by atoms with Gasteiger partial charge in [0.15, 0.2) is 0 Å². The molecule has 3 rings (SSSR count). The van der Waals surface area contributed by atoms with Gasteiger partial charge in [0, 0.05) is 30.9 Å². The van der Waals surface area contributed by atoms with Gasteiger partial charge in [0.2, 0.25) is 0 Å². The first kappa shape index (κ1) is 17.0. The van der Waals surface area contributed by atoms with Crippen molar-refractivity contribution < 1.29 is 9.53 Å². The van der Waals surface area contributed by atoms with Crippen LogP contribution in [-0.4, -0.2) is 22.0 Å². The molecule has 0 saturated carbocycles. The van der Waals surface area contributed by atoms with Crippen molar-refractivity contribution in [2.45, 2.75) is 33.1 Å². The van der Waals surface area contributed by atoms with E-state index in [1.807, 2.05) is 41.8 Å². The lowest BCUT2D eigenvalue weighted by atomic mass is 10.0. The van der Waals surface area contributed by atoms with Crippen LogP contribution in [0.1, 0.15) is 35.9 Å². The highest BCUT2D eigenvalue weighted by atomic mass is 16.5. The van der Waals surface area contributed by atoms with E-state index in [4.69, 9.17) is 4.74 Å². The molecule has 5 nitrogen and oxygen atoms in total. The van der Waals surface area contributed by atoms with Crippen LogP contribution in [0.3, 0.4) is 0 Å². The molecule has 5 heteroatoms. The second kappa shape index (κ2) is 7.38. The number of carbonyl (C=O) groups excluding carboxylic acids is 1. The molecule has 0 atom stereocenters. The fourth-order valence-electron chi connectivity index (χ4n) is 3.09. The molecule has 0 unspecified atom stereocenters. The highest BCUT2D eigenvalue weighted by molar-refractivity contribution is 5.65. The molecular weight excluding hydrogens is 316 g/mol. The number of rotatable bonds is 6. The number of benzene rings is 1. The minimum atomic E-state index is -0.265. The van der Waals surface area contributed by atoms with E-state index < -0.39 is 0 Å². The number of fused-ring (bicyclic) bond motifs is 1. The second-order valence-electron chi connectivity index (χ2n) is 6.24. The number of esters is 1. The number of H-pyrrole nitrogens is 1. The Labute approximate surface area is 146 Å². The zero-order valence-corrected chi connectivity index (χ0v) is 14.5. The summed E-state index contributed by atoms with van der Waals surface area (Å²) in [5, 5.41) is 0. The summed E-state index contributed by atoms with van der Waals surface area (Å²) in [7, 11) is 0. The third kappa shape index (κ3) is 3.99. The predicted octanol–water partition coefficient (Wildman–Crippen LogP) is 3.02. The third-order valence-electron chi connectivity index (χ3n) is 4.21. The van der Waals surface area contributed by atoms with Crippen LogP contribution in [0, 0.1) is 6.92 Å². The van der Waals surface area contributed by atoms with Crippen LogP contribution >= 0.6 is 0 Å². The van der Waals surface area contributed by atoms with Gasteiger partial charge >= 0.3 is 5.97 Å². The first-order chi connectivity index (χ1) is 12.0. The lowest BCUT2D eigenvalue weighted by molar-refractivity contribution is -0.141. The summed E-state index contributed by atoms with van der Waals surface area (Å²) in [4.78, 5) is 26.1. The monoisotopic (exact) mass is 338 g/mol. The summed E-state index contributed by atoms with van der Waals surface area (Å²) in [5.74, 6) is -0.265. The van der Waals surface area contributed by atoms with Crippen molar-refractivity contribution in [1.29, 1.82) is 0 Å². The summed E-state index contributed by atoms with van der Waals surface area (Å²) >= 11 is 0. The molecule has 0 radical (unpaired) electrons. The number of nitrogens with one attached hydrogen (secondary N) is 1. The van der Waals surface area contributed by atoms with Gasteiger partial charge in [-0.2, -0.15) is 0 Å². The van der Waals surface area contributed by atoms with Gasteiger partial charge in [-0.15, -0.1) is 0 Å². The average Bonchev–Trinajstić information content (AvgIpc) is 2.91. The zero-order valence-electron chi connectivity index (χ0n) is 14.5. The summed E-state index contributed by atoms with van der Waals surface area (Å²) < 4.78 is 7.01. The number of hydrogen-bond acceptors (Lipinski definition) is 3. The lowest BCUT2D eigenvalue weighted by Crippen LogP contribution is -2.11. The molecule has 0 aliphatic carbocycles. The highest BCUT2D eigenvalue weighted by Crippen LogP contribution is 2.20. The Balaban J connectivity index is 1.96. The molecule has 0 aliphatic heterocycles. The quantitative estimate of drug-likeness (QED) is 0.555. The predicted molar refractivity (Wildman–Crippen MR) is 97.0 cm³/mol. The van der Waals surface area contributed by atoms with E-state index in [1.165, 1.54) is 12.5 Å². The van der Waals surface area contributed by atoms with Crippen LogP contribution in [0.4, 0.5) is 0 Å². The maximum Gasteiger partial charge on any atom is 0.302 e. The summed E-state index contributed by atoms with van der Waals surface area (Å²) in [6, 6.07) is 12.1. The highest BCUT2D eigenvalue weighted by Gasteiger charge is 2.13. The molecule has 1 N–H and O–H groups in total. The standard InChI is InChI=1S/C20H22N2O3/c1-14-13-22-18(11-16-7-4-3-5-8-16)17(9-6-10-25-15(2)23)12-19(22)20(24)21-14/h3-5,7-8,12-13H,6,9-11H2,1-2H3,(H,21,24). The van der Waals surface area contributed by atoms with Crippen molar-refractivity contribution >= 4 is 11.5 Å². The number of carbonyl (C=O) groups is 1. The summed E-state index contributed by atoms with van der Waals surface area (Å²) in [5.41, 5.74) is 4.82. The molecule has 0 amide bonds. The molecule has 2 aromatic heterocycles. The van der Waals surface area contributed by atoms with Gasteiger partial charge in [0.05, 0.1) is 6.61 Å². The Morgan fingerprint density at radius 1 is 1.24 bits per heavy atom. The van der Waals surface area contributed by atoms with E-state index >= 15 is 0 Å². The molecular formula is C20H22N2O3. The molecule has 0 aliphatic rings. The van der Waals surface area contributed by atoms with Gasteiger partial charge < -0.3 is 14.1 Å². The van der Waals surface area contributed by atoms with E-state index in [0.29, 0.717) is 12.1 Å². The van der Waals surface area contributed by atoms with Crippen LogP contribution in [0.25, 0.3) is 5.52 Å². The number of aromatic amines is 1. The maximum absolute atomic E-state index is 12.3. The van der Waals surface area contributed by atoms with Crippen LogP contribution in [0.15, 0.2) is 47.4 Å². The van der Waals surface area contributed by atoms with Gasteiger partial charge in [-0.3, -0.25) is 9.59 Å². The average molecular weight is 338 g/mol. The van der Waals surface area contributed by atoms with Crippen LogP contribution in [0.2, 0.25) is 0 Å². The van der Waals surface area contributed by atoms with Crippen molar-refractivity contribution in [3.05, 3.63) is 75.5 Å². The van der Waals surface area contributed by atoms with Crippen molar-refractivity contribution in [2.24, 2.45) is 0 Å². The van der Waals surface area contributed by atoms with E-state index in [9.17, 15) is 9.59 Å². The molecule has 130 valence electrons. The maximum atomic E-state index is 12.3. The topological polar surface area (TPSA) is 63.6 Å². The molecule has 1 aromatic carbocycles. The van der Waals surface area contributed by atoms with Gasteiger partial charge in [-0.25, -0.2) is 0 Å². The van der Waals surface area contributed by atoms with Crippen LogP contribution < -0.4 is 5.56 Å². The minimum Gasteiger partial charge on any atom is -0.466 e. The largest absolute Gasteiger partial charge is 0.466 e. The molecule has 0 fully saturated rings. The first-order valence-corrected chi connectivity index (χ1v) is 8.44. The van der Waals surface area contributed by atoms with E-state index in [2.05, 4.69) is 17.1 Å². The fraction of sp³-hybridized carbons (Fsp3) is 0.300. The first-order valence-electron chi connectivity index (χ1n) is 8.44. The Kier molecular flexibility index (Phi) is 5.03. The van der Waals surface area contributed by atoms with E-state index in [0.717, 1.165) is 36.2 Å². The summed E-state index contributed by atoms with van der Waals surface area (Å²) in [6.07, 6.45) is 4.20. The number of aromatic nitrogens is 2. The number of hydrogen-bond donors (Lipinski definition) is 1. The van der Waals surface area contributed by atoms with Gasteiger partial charge in [0.25, 0.3) is 5.56 Å². The number of ether oxygens (including phenoxy) is 1. The third-order valence-corrected chi connectivity index (χ3v) is 4.21. The van der Waals surface area contributed by atoms with Crippen molar-refractivity contribution in [3.63, 3.8) is 0 Å². The zero-order chi connectivity index (χ0) is 17.8. The molecule has 0 spiro atoms. The smallest absolute Gasteiger partial charge is 0.302 e. The number of aryl methyl sites for hydroxylation is 2. The Morgan fingerprint density at radius 3 is 2.72 bits per heavy atom. The molecule has 25 heavy (non-hydrogen) atoms. The van der Waals surface area contributed by atoms with E-state index in [-0.39, 0.29) is 11.5 Å². The Hall–Kier alpha value is -2.82. The van der Waals surface area contributed by atoms with Crippen LogP contribution in [0.5, 0.6) is 0 Å². The fourth-order valence-corrected chi connectivity index (χ4v) is 3.09. The van der Waals surface area contributed by atoms with E-state index in [1.54, 1.807) is 0 Å². The van der Waals surface area contributed by atoms with Gasteiger partial charge in [-0.1, -0.05) is 30.3 Å². The lowest BCUT2D eigenvalue weighted by Gasteiger charge is -2.08. The molecule has 0 saturated heterocycles. The van der Waals surface area contributed by atoms with Crippen molar-refractivity contribution in [3.8, 4) is 0 Å². The van der Waals surface area contributed by atoms with Crippen molar-refractivity contribution in [2.75, 3.05) is 6.61 Å². The SMILES string of the molecule is CC(=O)OCCCc1cc2c(=O)[nH]c(C)cn2c1Cc1ccccc1. The molecule has 3 aromatic rings.